The summed E-state index contributed by atoms with van der Waals surface area (Å²) in [6.45, 7) is 25.4. The first-order valence-electron chi connectivity index (χ1n) is 13.9. The second-order valence-electron chi connectivity index (χ2n) is 14.6. The molecule has 1 heteroatoms. The quantitative estimate of drug-likeness (QED) is 0.337. The van der Waals surface area contributed by atoms with Gasteiger partial charge in [-0.3, -0.25) is 0 Å². The van der Waals surface area contributed by atoms with Gasteiger partial charge < -0.3 is 0 Å². The van der Waals surface area contributed by atoms with E-state index in [1.54, 1.807) is 11.1 Å². The van der Waals surface area contributed by atoms with Crippen LogP contribution in [-0.4, -0.2) is 0 Å². The Labute approximate surface area is 213 Å². The number of hydrogen-bond acceptors (Lipinski definition) is 0. The van der Waals surface area contributed by atoms with Crippen LogP contribution < -0.4 is 0 Å². The molecule has 0 heterocycles. The zero-order chi connectivity index (χ0) is 24.5. The number of allylic oxidation sites excluding steroid dienone is 8. The first kappa shape index (κ1) is 25.7. The van der Waals surface area contributed by atoms with Crippen molar-refractivity contribution in [3.05, 3.63) is 43.8 Å². The van der Waals surface area contributed by atoms with Crippen molar-refractivity contribution in [3.63, 3.8) is 0 Å². The van der Waals surface area contributed by atoms with Gasteiger partial charge in [-0.2, -0.15) is 0 Å². The van der Waals surface area contributed by atoms with Crippen LogP contribution in [0.2, 0.25) is 0 Å². The van der Waals surface area contributed by atoms with Crippen LogP contribution in [0, 0.1) is 32.5 Å². The summed E-state index contributed by atoms with van der Waals surface area (Å²) in [5.41, 5.74) is 5.21. The van der Waals surface area contributed by atoms with Crippen LogP contribution in [0.3, 0.4) is 0 Å². The van der Waals surface area contributed by atoms with Crippen molar-refractivity contribution < 1.29 is 17.1 Å². The maximum atomic E-state index is 2.67. The molecule has 0 nitrogen and oxygen atoms in total. The van der Waals surface area contributed by atoms with Crippen molar-refractivity contribution in [1.29, 1.82) is 0 Å². The third kappa shape index (κ3) is 3.44. The first-order chi connectivity index (χ1) is 15.2. The predicted molar refractivity (Wildman–Crippen MR) is 141 cm³/mol. The summed E-state index contributed by atoms with van der Waals surface area (Å²) in [6.07, 6.45) is 21.6. The van der Waals surface area contributed by atoms with Gasteiger partial charge in [-0.15, -0.1) is 0 Å². The molecule has 0 amide bonds. The molecule has 2 saturated carbocycles. The van der Waals surface area contributed by atoms with Gasteiger partial charge in [0.05, 0.1) is 0 Å². The van der Waals surface area contributed by atoms with Crippen LogP contribution in [0.1, 0.15) is 121 Å². The fourth-order valence-corrected chi connectivity index (χ4v) is 15.4. The Morgan fingerprint density at radius 1 is 0.606 bits per heavy atom. The Kier molecular flexibility index (Phi) is 6.26. The van der Waals surface area contributed by atoms with Gasteiger partial charge >= 0.3 is 214 Å². The maximum absolute atomic E-state index is 2.67. The Morgan fingerprint density at radius 3 is 1.18 bits per heavy atom. The summed E-state index contributed by atoms with van der Waals surface area (Å²) in [5, 5.41) is 0. The van der Waals surface area contributed by atoms with Crippen LogP contribution in [0.15, 0.2) is 43.8 Å². The van der Waals surface area contributed by atoms with Gasteiger partial charge in [-0.05, 0) is 0 Å². The van der Waals surface area contributed by atoms with E-state index >= 15 is 0 Å². The Bertz CT molecular complexity index is 837. The summed E-state index contributed by atoms with van der Waals surface area (Å²) < 4.78 is 3.83. The standard InChI is InChI=1S/2C16H25.Zn/c2*1-13-8-11-15(5,12-13)16(14(2,3)4)9-6-7-10-16;/h2*8,11H,6-7,9-10H2,1-5H3;. The molecule has 2 unspecified atom stereocenters. The normalized spacial score (nSPS) is 33.5. The zero-order valence-electron chi connectivity index (χ0n) is 23.7. The molecular formula is C32H50Zn. The third-order valence-electron chi connectivity index (χ3n) is 11.7. The average molecular weight is 500 g/mol. The van der Waals surface area contributed by atoms with Crippen LogP contribution in [0.25, 0.3) is 0 Å². The van der Waals surface area contributed by atoms with Crippen molar-refractivity contribution in [1.82, 2.24) is 0 Å². The molecule has 2 atom stereocenters. The van der Waals surface area contributed by atoms with Gasteiger partial charge in [0, 0.05) is 0 Å². The van der Waals surface area contributed by atoms with E-state index in [2.05, 4.69) is 93.5 Å². The van der Waals surface area contributed by atoms with Crippen LogP contribution >= 0.6 is 0 Å². The summed E-state index contributed by atoms with van der Waals surface area (Å²) in [7, 11) is 0. The second kappa shape index (κ2) is 8.05. The van der Waals surface area contributed by atoms with Crippen LogP contribution in [0.5, 0.6) is 0 Å². The molecule has 2 fully saturated rings. The van der Waals surface area contributed by atoms with Gasteiger partial charge in [0.15, 0.2) is 0 Å². The van der Waals surface area contributed by atoms with Gasteiger partial charge in [-0.1, -0.05) is 0 Å². The van der Waals surface area contributed by atoms with Crippen LogP contribution in [0.4, 0.5) is 0 Å². The minimum atomic E-state index is -1.16. The molecule has 0 N–H and O–H groups in total. The molecule has 0 aromatic rings. The molecule has 4 aliphatic carbocycles. The van der Waals surface area contributed by atoms with E-state index in [1.165, 1.54) is 51.4 Å². The van der Waals surface area contributed by atoms with E-state index in [9.17, 15) is 0 Å². The Balaban J connectivity index is 1.79. The topological polar surface area (TPSA) is 0 Å². The van der Waals surface area contributed by atoms with Crippen molar-refractivity contribution in [2.45, 2.75) is 121 Å². The molecular weight excluding hydrogens is 450 g/mol. The number of rotatable bonds is 4. The Hall–Kier alpha value is -0.417. The van der Waals surface area contributed by atoms with Crippen molar-refractivity contribution in [2.24, 2.45) is 32.5 Å². The molecule has 0 saturated heterocycles. The van der Waals surface area contributed by atoms with E-state index in [0.29, 0.717) is 21.7 Å². The molecule has 0 spiro atoms. The van der Waals surface area contributed by atoms with E-state index in [0.717, 1.165) is 0 Å². The monoisotopic (exact) mass is 498 g/mol. The predicted octanol–water partition coefficient (Wildman–Crippen LogP) is 9.98. The summed E-state index contributed by atoms with van der Waals surface area (Å²) in [4.78, 5) is 0. The first-order valence-corrected chi connectivity index (χ1v) is 16.9. The van der Waals surface area contributed by atoms with Crippen molar-refractivity contribution >= 4 is 0 Å². The van der Waals surface area contributed by atoms with Crippen molar-refractivity contribution in [3.8, 4) is 0 Å². The van der Waals surface area contributed by atoms with Crippen LogP contribution in [-0.2, 0) is 17.1 Å². The SMILES string of the molecule is CC1=[C]([Zn][C]2=C(C)C=CC2(C)C2(C(C)(C)C)CCCC2)C(C)(C2(C(C)(C)C)CCCC2)C=C1. The molecule has 0 aromatic carbocycles. The summed E-state index contributed by atoms with van der Waals surface area (Å²) in [5.74, 6) is 0. The average Bonchev–Trinajstić information content (AvgIpc) is 3.47. The molecule has 180 valence electrons. The molecule has 0 aromatic heterocycles. The minimum absolute atomic E-state index is 0.243. The molecule has 0 bridgehead atoms. The Morgan fingerprint density at radius 2 is 0.909 bits per heavy atom. The van der Waals surface area contributed by atoms with Gasteiger partial charge in [0.25, 0.3) is 0 Å². The fourth-order valence-electron chi connectivity index (χ4n) is 9.58. The van der Waals surface area contributed by atoms with Gasteiger partial charge in [0.1, 0.15) is 0 Å². The number of hydrogen-bond donors (Lipinski definition) is 0. The third-order valence-corrected chi connectivity index (χ3v) is 18.6. The van der Waals surface area contributed by atoms with E-state index in [4.69, 9.17) is 0 Å². The van der Waals surface area contributed by atoms with Gasteiger partial charge in [0.2, 0.25) is 0 Å². The summed E-state index contributed by atoms with van der Waals surface area (Å²) in [6, 6.07) is 0. The molecule has 0 aliphatic heterocycles. The molecule has 4 rings (SSSR count). The van der Waals surface area contributed by atoms with E-state index in [-0.39, 0.29) is 10.8 Å². The van der Waals surface area contributed by atoms with E-state index < -0.39 is 17.1 Å². The van der Waals surface area contributed by atoms with Gasteiger partial charge in [-0.25, -0.2) is 0 Å². The molecule has 33 heavy (non-hydrogen) atoms. The molecule has 0 radical (unpaired) electrons. The molecule has 4 aliphatic rings. The summed E-state index contributed by atoms with van der Waals surface area (Å²) >= 11 is -1.16. The van der Waals surface area contributed by atoms with E-state index in [1.807, 2.05) is 8.33 Å². The fraction of sp³-hybridized carbons (Fsp3) is 0.750. The zero-order valence-corrected chi connectivity index (χ0v) is 26.6. The van der Waals surface area contributed by atoms with Crippen molar-refractivity contribution in [2.75, 3.05) is 0 Å². The second-order valence-corrected chi connectivity index (χ2v) is 18.4.